The van der Waals surface area contributed by atoms with Gasteiger partial charge in [0.25, 0.3) is 11.8 Å². The SMILES string of the molecule is COc1cc(/C=C2/SC(=S)N(C3CCCCC3)C2=O)ccc1Oc1nc(Cl)ncc1F. The van der Waals surface area contributed by atoms with E-state index in [1.165, 1.54) is 25.3 Å². The molecular weight excluding hydrogens is 461 g/mol. The first-order valence-corrected chi connectivity index (χ1v) is 11.4. The molecule has 1 aliphatic heterocycles. The summed E-state index contributed by atoms with van der Waals surface area (Å²) in [6.07, 6.45) is 8.14. The maximum atomic E-state index is 13.9. The normalized spacial score (nSPS) is 18.7. The number of aromatic nitrogens is 2. The van der Waals surface area contributed by atoms with Crippen LogP contribution in [0.1, 0.15) is 37.7 Å². The molecule has 4 rings (SSSR count). The minimum atomic E-state index is -0.748. The summed E-state index contributed by atoms with van der Waals surface area (Å²) in [6, 6.07) is 5.24. The smallest absolute Gasteiger partial charge is 0.266 e. The van der Waals surface area contributed by atoms with E-state index in [9.17, 15) is 9.18 Å². The minimum absolute atomic E-state index is 0.0566. The Balaban J connectivity index is 1.56. The molecule has 6 nitrogen and oxygen atoms in total. The molecule has 2 aliphatic rings. The molecule has 10 heteroatoms. The molecule has 2 aromatic rings. The van der Waals surface area contributed by atoms with Gasteiger partial charge in [-0.2, -0.15) is 9.37 Å². The Morgan fingerprint density at radius 1 is 1.29 bits per heavy atom. The Bertz CT molecular complexity index is 1060. The van der Waals surface area contributed by atoms with Crippen molar-refractivity contribution in [3.63, 3.8) is 0 Å². The quantitative estimate of drug-likeness (QED) is 0.314. The maximum absolute atomic E-state index is 13.9. The van der Waals surface area contributed by atoms with E-state index < -0.39 is 5.82 Å². The fraction of sp³-hybridized carbons (Fsp3) is 0.333. The van der Waals surface area contributed by atoms with Crippen LogP contribution in [0.2, 0.25) is 5.28 Å². The highest BCUT2D eigenvalue weighted by Gasteiger charge is 2.37. The third-order valence-corrected chi connectivity index (χ3v) is 6.65. The van der Waals surface area contributed by atoms with E-state index >= 15 is 0 Å². The lowest BCUT2D eigenvalue weighted by Gasteiger charge is -2.29. The molecule has 1 aromatic carbocycles. The Morgan fingerprint density at radius 2 is 2.06 bits per heavy atom. The predicted molar refractivity (Wildman–Crippen MR) is 122 cm³/mol. The first-order chi connectivity index (χ1) is 15.0. The Hall–Kier alpha value is -2.23. The topological polar surface area (TPSA) is 64.5 Å². The van der Waals surface area contributed by atoms with E-state index in [2.05, 4.69) is 9.97 Å². The van der Waals surface area contributed by atoms with E-state index in [1.807, 2.05) is 0 Å². The number of rotatable bonds is 5. The molecule has 1 saturated carbocycles. The summed E-state index contributed by atoms with van der Waals surface area (Å²) < 4.78 is 25.4. The molecule has 1 aliphatic carbocycles. The third-order valence-electron chi connectivity index (χ3n) is 5.14. The number of methoxy groups -OCH3 is 1. The van der Waals surface area contributed by atoms with Crippen LogP contribution in [0, 0.1) is 5.82 Å². The van der Waals surface area contributed by atoms with Gasteiger partial charge in [0.15, 0.2) is 11.5 Å². The lowest BCUT2D eigenvalue weighted by Crippen LogP contribution is -2.39. The number of amides is 1. The van der Waals surface area contributed by atoms with Gasteiger partial charge < -0.3 is 9.47 Å². The summed E-state index contributed by atoms with van der Waals surface area (Å²) in [4.78, 5) is 22.6. The number of hydrogen-bond acceptors (Lipinski definition) is 7. The zero-order chi connectivity index (χ0) is 22.0. The molecule has 1 aromatic heterocycles. The van der Waals surface area contributed by atoms with Crippen molar-refractivity contribution in [3.05, 3.63) is 46.0 Å². The van der Waals surface area contributed by atoms with Crippen molar-refractivity contribution in [2.75, 3.05) is 7.11 Å². The molecule has 0 N–H and O–H groups in total. The van der Waals surface area contributed by atoms with Crippen LogP contribution in [-0.2, 0) is 4.79 Å². The molecule has 1 amide bonds. The Kier molecular flexibility index (Phi) is 6.74. The van der Waals surface area contributed by atoms with Gasteiger partial charge in [-0.3, -0.25) is 9.69 Å². The van der Waals surface area contributed by atoms with Crippen molar-refractivity contribution in [1.82, 2.24) is 14.9 Å². The molecular formula is C21H19ClFN3O3S2. The number of thioether (sulfide) groups is 1. The number of nitrogens with zero attached hydrogens (tertiary/aromatic N) is 3. The summed E-state index contributed by atoms with van der Waals surface area (Å²) in [5.74, 6) is -0.506. The average molecular weight is 480 g/mol. The first kappa shape index (κ1) is 22.0. The van der Waals surface area contributed by atoms with Gasteiger partial charge >= 0.3 is 0 Å². The number of ether oxygens (including phenoxy) is 2. The average Bonchev–Trinajstić information content (AvgIpc) is 3.05. The molecule has 0 bridgehead atoms. The number of benzene rings is 1. The van der Waals surface area contributed by atoms with Crippen LogP contribution in [0.25, 0.3) is 6.08 Å². The van der Waals surface area contributed by atoms with Crippen LogP contribution in [0.15, 0.2) is 29.3 Å². The zero-order valence-corrected chi connectivity index (χ0v) is 19.0. The number of carbonyl (C=O) groups excluding carboxylic acids is 1. The van der Waals surface area contributed by atoms with Gasteiger partial charge in [-0.25, -0.2) is 4.98 Å². The summed E-state index contributed by atoms with van der Waals surface area (Å²) in [5, 5.41) is -0.132. The number of carbonyl (C=O) groups is 1. The van der Waals surface area contributed by atoms with Crippen LogP contribution >= 0.6 is 35.6 Å². The van der Waals surface area contributed by atoms with Gasteiger partial charge in [-0.1, -0.05) is 49.3 Å². The van der Waals surface area contributed by atoms with Gasteiger partial charge in [-0.05, 0) is 48.2 Å². The highest BCUT2D eigenvalue weighted by Crippen LogP contribution is 2.39. The molecule has 2 heterocycles. The van der Waals surface area contributed by atoms with Crippen molar-refractivity contribution in [2.24, 2.45) is 0 Å². The summed E-state index contributed by atoms with van der Waals surface area (Å²) in [7, 11) is 1.47. The summed E-state index contributed by atoms with van der Waals surface area (Å²) in [5.41, 5.74) is 0.731. The van der Waals surface area contributed by atoms with E-state index in [-0.39, 0.29) is 28.9 Å². The van der Waals surface area contributed by atoms with Crippen molar-refractivity contribution in [3.8, 4) is 17.4 Å². The molecule has 0 unspecified atom stereocenters. The van der Waals surface area contributed by atoms with E-state index in [1.54, 1.807) is 29.2 Å². The van der Waals surface area contributed by atoms with Crippen LogP contribution in [0.5, 0.6) is 17.4 Å². The molecule has 2 fully saturated rings. The fourth-order valence-corrected chi connectivity index (χ4v) is 5.18. The molecule has 31 heavy (non-hydrogen) atoms. The first-order valence-electron chi connectivity index (χ1n) is 9.77. The van der Waals surface area contributed by atoms with E-state index in [4.69, 9.17) is 33.3 Å². The highest BCUT2D eigenvalue weighted by atomic mass is 35.5. The van der Waals surface area contributed by atoms with Crippen molar-refractivity contribution in [1.29, 1.82) is 0 Å². The standard InChI is InChI=1S/C21H19ClFN3O3S2/c1-28-16-9-12(7-8-15(16)29-18-14(23)11-24-20(22)25-18)10-17-19(27)26(21(30)31-17)13-5-3-2-4-6-13/h7-11,13H,2-6H2,1H3/b17-10+. The number of halogens is 2. The number of hydrogen-bond donors (Lipinski definition) is 0. The zero-order valence-electron chi connectivity index (χ0n) is 16.6. The van der Waals surface area contributed by atoms with Crippen molar-refractivity contribution < 1.29 is 18.7 Å². The van der Waals surface area contributed by atoms with Crippen molar-refractivity contribution >= 4 is 51.9 Å². The highest BCUT2D eigenvalue weighted by molar-refractivity contribution is 8.26. The Morgan fingerprint density at radius 3 is 2.81 bits per heavy atom. The van der Waals surface area contributed by atoms with Gasteiger partial charge in [0.2, 0.25) is 11.1 Å². The second-order valence-electron chi connectivity index (χ2n) is 7.15. The van der Waals surface area contributed by atoms with Crippen LogP contribution < -0.4 is 9.47 Å². The lowest BCUT2D eigenvalue weighted by atomic mass is 9.94. The van der Waals surface area contributed by atoms with E-state index in [0.29, 0.717) is 15.0 Å². The predicted octanol–water partition coefficient (Wildman–Crippen LogP) is 5.60. The third kappa shape index (κ3) is 4.83. The van der Waals surface area contributed by atoms with Gasteiger partial charge in [0.05, 0.1) is 18.2 Å². The van der Waals surface area contributed by atoms with Gasteiger partial charge in [0, 0.05) is 6.04 Å². The maximum Gasteiger partial charge on any atom is 0.266 e. The second-order valence-corrected chi connectivity index (χ2v) is 9.16. The summed E-state index contributed by atoms with van der Waals surface area (Å²) in [6.45, 7) is 0. The van der Waals surface area contributed by atoms with Gasteiger partial charge in [0.1, 0.15) is 4.32 Å². The largest absolute Gasteiger partial charge is 0.493 e. The summed E-state index contributed by atoms with van der Waals surface area (Å²) >= 11 is 12.5. The Labute approximate surface area is 193 Å². The van der Waals surface area contributed by atoms with Crippen LogP contribution in [0.4, 0.5) is 4.39 Å². The van der Waals surface area contributed by atoms with E-state index in [0.717, 1.165) is 37.4 Å². The number of thiocarbonyl (C=S) groups is 1. The molecule has 1 saturated heterocycles. The molecule has 162 valence electrons. The lowest BCUT2D eigenvalue weighted by molar-refractivity contribution is -0.124. The van der Waals surface area contributed by atoms with Crippen LogP contribution in [-0.4, -0.2) is 38.2 Å². The van der Waals surface area contributed by atoms with Crippen LogP contribution in [0.3, 0.4) is 0 Å². The van der Waals surface area contributed by atoms with Gasteiger partial charge in [-0.15, -0.1) is 0 Å². The fourth-order valence-electron chi connectivity index (χ4n) is 3.65. The minimum Gasteiger partial charge on any atom is -0.493 e. The second kappa shape index (κ2) is 9.50. The van der Waals surface area contributed by atoms with Crippen molar-refractivity contribution in [2.45, 2.75) is 38.1 Å². The monoisotopic (exact) mass is 479 g/mol. The molecule has 0 spiro atoms. The molecule has 0 atom stereocenters. The molecule has 0 radical (unpaired) electrons.